The van der Waals surface area contributed by atoms with Crippen LogP contribution in [-0.2, 0) is 17.9 Å². The van der Waals surface area contributed by atoms with Gasteiger partial charge in [-0.1, -0.05) is 42.8 Å². The van der Waals surface area contributed by atoms with Crippen LogP contribution in [0.25, 0.3) is 0 Å². The Kier molecular flexibility index (Phi) is 5.65. The van der Waals surface area contributed by atoms with Gasteiger partial charge in [-0.25, -0.2) is 0 Å². The van der Waals surface area contributed by atoms with Gasteiger partial charge >= 0.3 is 0 Å². The van der Waals surface area contributed by atoms with Gasteiger partial charge in [0, 0.05) is 12.3 Å². The Bertz CT molecular complexity index is 959. The number of aryl methyl sites for hydroxylation is 2. The second kappa shape index (κ2) is 7.96. The van der Waals surface area contributed by atoms with Gasteiger partial charge in [-0.05, 0) is 31.9 Å². The van der Waals surface area contributed by atoms with Gasteiger partial charge in [-0.15, -0.1) is 0 Å². The molecular weight excluding hydrogens is 362 g/mol. The number of hydrogen-bond donors (Lipinski definition) is 1. The van der Waals surface area contributed by atoms with Crippen LogP contribution in [0, 0.1) is 26.7 Å². The molecule has 3 rings (SSSR count). The van der Waals surface area contributed by atoms with Gasteiger partial charge in [0.2, 0.25) is 5.91 Å². The predicted octanol–water partition coefficient (Wildman–Crippen LogP) is 3.98. The Morgan fingerprint density at radius 3 is 2.59 bits per heavy atom. The maximum atomic E-state index is 12.5. The summed E-state index contributed by atoms with van der Waals surface area (Å²) in [5, 5.41) is 12.4. The molecule has 1 aromatic carbocycles. The van der Waals surface area contributed by atoms with Gasteiger partial charge in [-0.2, -0.15) is 10.2 Å². The lowest BCUT2D eigenvalue weighted by atomic mass is 10.1. The van der Waals surface area contributed by atoms with Crippen LogP contribution >= 0.6 is 11.6 Å². The van der Waals surface area contributed by atoms with Gasteiger partial charge in [0.05, 0.1) is 35.4 Å². The van der Waals surface area contributed by atoms with Crippen LogP contribution in [0.4, 0.5) is 5.82 Å². The second-order valence-corrected chi connectivity index (χ2v) is 7.26. The zero-order valence-corrected chi connectivity index (χ0v) is 16.8. The average molecular weight is 386 g/mol. The lowest BCUT2D eigenvalue weighted by molar-refractivity contribution is -0.119. The molecule has 6 nitrogen and oxygen atoms in total. The van der Waals surface area contributed by atoms with Gasteiger partial charge in [-0.3, -0.25) is 14.2 Å². The number of carbonyl (C=O) groups is 1. The molecule has 1 atom stereocenters. The lowest BCUT2D eigenvalue weighted by Gasteiger charge is -2.12. The highest BCUT2D eigenvalue weighted by molar-refractivity contribution is 6.31. The first-order chi connectivity index (χ1) is 12.8. The Labute approximate surface area is 164 Å². The minimum Gasteiger partial charge on any atom is -0.309 e. The first kappa shape index (κ1) is 19.2. The predicted molar refractivity (Wildman–Crippen MR) is 107 cm³/mol. The highest BCUT2D eigenvalue weighted by atomic mass is 35.5. The summed E-state index contributed by atoms with van der Waals surface area (Å²) in [4.78, 5) is 12.5. The number of halogens is 1. The van der Waals surface area contributed by atoms with Gasteiger partial charge in [0.15, 0.2) is 5.82 Å². The van der Waals surface area contributed by atoms with E-state index in [1.54, 1.807) is 4.68 Å². The summed E-state index contributed by atoms with van der Waals surface area (Å²) in [6.07, 6.45) is 1.87. The molecule has 1 N–H and O–H groups in total. The van der Waals surface area contributed by atoms with Crippen LogP contribution in [0.2, 0.25) is 5.02 Å². The van der Waals surface area contributed by atoms with E-state index in [9.17, 15) is 4.79 Å². The first-order valence-corrected chi connectivity index (χ1v) is 9.31. The van der Waals surface area contributed by atoms with Gasteiger partial charge in [0.25, 0.3) is 0 Å². The van der Waals surface area contributed by atoms with E-state index in [1.165, 1.54) is 11.1 Å². The number of nitrogens with zero attached hydrogens (tertiary/aromatic N) is 4. The number of nitrogens with one attached hydrogen (secondary N) is 1. The molecule has 0 bridgehead atoms. The van der Waals surface area contributed by atoms with Crippen LogP contribution < -0.4 is 5.32 Å². The number of anilines is 1. The zero-order valence-electron chi connectivity index (χ0n) is 16.0. The monoisotopic (exact) mass is 385 g/mol. The van der Waals surface area contributed by atoms with E-state index >= 15 is 0 Å². The smallest absolute Gasteiger partial charge is 0.230 e. The van der Waals surface area contributed by atoms with Crippen molar-refractivity contribution in [2.24, 2.45) is 5.92 Å². The largest absolute Gasteiger partial charge is 0.309 e. The van der Waals surface area contributed by atoms with Crippen molar-refractivity contribution in [3.05, 3.63) is 64.1 Å². The van der Waals surface area contributed by atoms with Crippen molar-refractivity contribution >= 4 is 23.3 Å². The molecule has 0 aliphatic rings. The minimum atomic E-state index is -0.263. The maximum absolute atomic E-state index is 12.5. The SMILES string of the molecule is Cc1ccccc1Cn1ccc(NC(=O)C(C)Cn2nc(C)c(Cl)c2C)n1. The van der Waals surface area contributed by atoms with Crippen LogP contribution in [0.1, 0.15) is 29.4 Å². The van der Waals surface area contributed by atoms with Crippen LogP contribution in [0.5, 0.6) is 0 Å². The number of carbonyl (C=O) groups excluding carboxylic acids is 1. The molecule has 7 heteroatoms. The fourth-order valence-corrected chi connectivity index (χ4v) is 3.06. The molecule has 1 amide bonds. The third-order valence-corrected chi connectivity index (χ3v) is 5.22. The maximum Gasteiger partial charge on any atom is 0.230 e. The number of rotatable bonds is 6. The van der Waals surface area contributed by atoms with E-state index in [4.69, 9.17) is 11.6 Å². The Morgan fingerprint density at radius 2 is 1.93 bits per heavy atom. The summed E-state index contributed by atoms with van der Waals surface area (Å²) >= 11 is 6.17. The first-order valence-electron chi connectivity index (χ1n) is 8.93. The molecule has 0 fully saturated rings. The third-order valence-electron chi connectivity index (χ3n) is 4.67. The average Bonchev–Trinajstić information content (AvgIpc) is 3.17. The lowest BCUT2D eigenvalue weighted by Crippen LogP contribution is -2.25. The fourth-order valence-electron chi connectivity index (χ4n) is 2.92. The van der Waals surface area contributed by atoms with Crippen molar-refractivity contribution in [3.8, 4) is 0 Å². The number of amides is 1. The molecule has 142 valence electrons. The number of aromatic nitrogens is 4. The zero-order chi connectivity index (χ0) is 19.6. The van der Waals surface area contributed by atoms with Gasteiger partial charge < -0.3 is 5.32 Å². The second-order valence-electron chi connectivity index (χ2n) is 6.88. The van der Waals surface area contributed by atoms with E-state index in [0.29, 0.717) is 23.9 Å². The number of benzene rings is 1. The summed E-state index contributed by atoms with van der Waals surface area (Å²) in [7, 11) is 0. The molecule has 2 heterocycles. The number of hydrogen-bond acceptors (Lipinski definition) is 3. The Morgan fingerprint density at radius 1 is 1.19 bits per heavy atom. The van der Waals surface area contributed by atoms with Crippen molar-refractivity contribution < 1.29 is 4.79 Å². The van der Waals surface area contributed by atoms with Crippen molar-refractivity contribution in [2.45, 2.75) is 40.8 Å². The van der Waals surface area contributed by atoms with E-state index in [2.05, 4.69) is 34.6 Å². The molecule has 0 aliphatic carbocycles. The van der Waals surface area contributed by atoms with E-state index in [0.717, 1.165) is 11.4 Å². The van der Waals surface area contributed by atoms with E-state index in [1.807, 2.05) is 49.8 Å². The van der Waals surface area contributed by atoms with E-state index < -0.39 is 0 Å². The molecule has 27 heavy (non-hydrogen) atoms. The molecule has 0 saturated carbocycles. The summed E-state index contributed by atoms with van der Waals surface area (Å²) in [6, 6.07) is 10.0. The molecule has 0 radical (unpaired) electrons. The molecule has 3 aromatic rings. The highest BCUT2D eigenvalue weighted by Gasteiger charge is 2.18. The summed E-state index contributed by atoms with van der Waals surface area (Å²) < 4.78 is 3.60. The van der Waals surface area contributed by atoms with Crippen molar-refractivity contribution in [1.29, 1.82) is 0 Å². The molecule has 0 aliphatic heterocycles. The summed E-state index contributed by atoms with van der Waals surface area (Å²) in [5.41, 5.74) is 4.07. The summed E-state index contributed by atoms with van der Waals surface area (Å²) in [6.45, 7) is 8.84. The normalized spacial score (nSPS) is 12.2. The Hall–Kier alpha value is -2.60. The van der Waals surface area contributed by atoms with Crippen molar-refractivity contribution in [2.75, 3.05) is 5.32 Å². The third kappa shape index (κ3) is 4.39. The van der Waals surface area contributed by atoms with Crippen LogP contribution in [-0.4, -0.2) is 25.5 Å². The Balaban J connectivity index is 1.61. The molecule has 1 unspecified atom stereocenters. The molecular formula is C20H24ClN5O. The minimum absolute atomic E-state index is 0.0974. The molecule has 0 saturated heterocycles. The molecule has 0 spiro atoms. The van der Waals surface area contributed by atoms with Crippen molar-refractivity contribution in [3.63, 3.8) is 0 Å². The highest BCUT2D eigenvalue weighted by Crippen LogP contribution is 2.20. The molecule has 2 aromatic heterocycles. The quantitative estimate of drug-likeness (QED) is 0.697. The van der Waals surface area contributed by atoms with Crippen LogP contribution in [0.15, 0.2) is 36.5 Å². The van der Waals surface area contributed by atoms with Gasteiger partial charge in [0.1, 0.15) is 0 Å². The van der Waals surface area contributed by atoms with Crippen LogP contribution in [0.3, 0.4) is 0 Å². The van der Waals surface area contributed by atoms with E-state index in [-0.39, 0.29) is 11.8 Å². The van der Waals surface area contributed by atoms with Crippen molar-refractivity contribution in [1.82, 2.24) is 19.6 Å². The topological polar surface area (TPSA) is 64.7 Å². The standard InChI is InChI=1S/C20H24ClN5O/c1-13-7-5-6-8-17(13)12-25-10-9-18(24-25)22-20(27)14(2)11-26-16(4)19(21)15(3)23-26/h5-10,14H,11-12H2,1-4H3,(H,22,24,27). The fraction of sp³-hybridized carbons (Fsp3) is 0.350. The summed E-state index contributed by atoms with van der Waals surface area (Å²) in [5.74, 6) is 0.187.